The first-order valence-electron chi connectivity index (χ1n) is 7.00. The second-order valence-corrected chi connectivity index (χ2v) is 6.10. The summed E-state index contributed by atoms with van der Waals surface area (Å²) in [6.07, 6.45) is 4.84. The number of nitrogens with one attached hydrogen (secondary N) is 1. The molecular weight excluding hydrogens is 288 g/mol. The van der Waals surface area contributed by atoms with Crippen LogP contribution in [-0.2, 0) is 0 Å². The standard InChI is InChI=1S/C14H16N4O2S/c19-18(20)12-7-3-4-10(8-12)13-9-21-14(17-16-13)15-11-5-1-2-6-11/h3-4,7-8,11H,1-2,5-6,9H2,(H,15,17). The van der Waals surface area contributed by atoms with Crippen LogP contribution in [0.1, 0.15) is 31.2 Å². The SMILES string of the molecule is O=[N+]([O-])c1cccc(C2=NNC(=NC3CCCC3)SC2)c1. The maximum absolute atomic E-state index is 10.8. The maximum Gasteiger partial charge on any atom is 0.270 e. The fourth-order valence-corrected chi connectivity index (χ4v) is 3.37. The average molecular weight is 304 g/mol. The third kappa shape index (κ3) is 3.41. The van der Waals surface area contributed by atoms with Crippen LogP contribution in [0.25, 0.3) is 0 Å². The fraction of sp³-hybridized carbons (Fsp3) is 0.429. The number of benzene rings is 1. The number of thioether (sulfide) groups is 1. The monoisotopic (exact) mass is 304 g/mol. The predicted octanol–water partition coefficient (Wildman–Crippen LogP) is 2.93. The van der Waals surface area contributed by atoms with E-state index in [0.717, 1.165) is 29.3 Å². The summed E-state index contributed by atoms with van der Waals surface area (Å²) in [6, 6.07) is 6.99. The molecule has 0 spiro atoms. The Morgan fingerprint density at radius 3 is 2.86 bits per heavy atom. The fourth-order valence-electron chi connectivity index (χ4n) is 2.53. The number of nitro benzene ring substituents is 1. The van der Waals surface area contributed by atoms with Crippen molar-refractivity contribution in [2.75, 3.05) is 5.75 Å². The first-order chi connectivity index (χ1) is 10.2. The van der Waals surface area contributed by atoms with Crippen LogP contribution in [0.2, 0.25) is 0 Å². The zero-order chi connectivity index (χ0) is 14.7. The number of rotatable bonds is 3. The van der Waals surface area contributed by atoms with Gasteiger partial charge in [-0.3, -0.25) is 20.5 Å². The van der Waals surface area contributed by atoms with E-state index in [4.69, 9.17) is 0 Å². The van der Waals surface area contributed by atoms with Gasteiger partial charge in [-0.05, 0) is 12.8 Å². The van der Waals surface area contributed by atoms with Crippen molar-refractivity contribution in [1.29, 1.82) is 0 Å². The molecule has 1 aromatic carbocycles. The number of nitrogens with zero attached hydrogens (tertiary/aromatic N) is 3. The van der Waals surface area contributed by atoms with E-state index in [1.807, 2.05) is 6.07 Å². The summed E-state index contributed by atoms with van der Waals surface area (Å²) in [5.74, 6) is 0.680. The van der Waals surface area contributed by atoms with E-state index in [-0.39, 0.29) is 10.6 Å². The summed E-state index contributed by atoms with van der Waals surface area (Å²) in [5.41, 5.74) is 4.66. The molecule has 1 heterocycles. The van der Waals surface area contributed by atoms with Crippen molar-refractivity contribution < 1.29 is 4.92 Å². The van der Waals surface area contributed by atoms with Gasteiger partial charge in [0.1, 0.15) is 0 Å². The predicted molar refractivity (Wildman–Crippen MR) is 84.9 cm³/mol. The van der Waals surface area contributed by atoms with Gasteiger partial charge in [0, 0.05) is 23.4 Å². The maximum atomic E-state index is 10.8. The van der Waals surface area contributed by atoms with Gasteiger partial charge in [-0.25, -0.2) is 0 Å². The minimum Gasteiger partial charge on any atom is -0.258 e. The lowest BCUT2D eigenvalue weighted by Crippen LogP contribution is -2.26. The van der Waals surface area contributed by atoms with E-state index in [1.54, 1.807) is 23.9 Å². The van der Waals surface area contributed by atoms with Crippen LogP contribution < -0.4 is 5.43 Å². The largest absolute Gasteiger partial charge is 0.270 e. The number of hydrogen-bond acceptors (Lipinski definition) is 5. The molecule has 6 nitrogen and oxygen atoms in total. The van der Waals surface area contributed by atoms with Gasteiger partial charge < -0.3 is 0 Å². The topological polar surface area (TPSA) is 79.9 Å². The van der Waals surface area contributed by atoms with Gasteiger partial charge in [0.05, 0.1) is 16.7 Å². The zero-order valence-electron chi connectivity index (χ0n) is 11.5. The van der Waals surface area contributed by atoms with E-state index in [9.17, 15) is 10.1 Å². The molecule has 0 radical (unpaired) electrons. The molecule has 1 N–H and O–H groups in total. The van der Waals surface area contributed by atoms with Crippen LogP contribution in [0, 0.1) is 10.1 Å². The van der Waals surface area contributed by atoms with E-state index >= 15 is 0 Å². The molecule has 110 valence electrons. The Hall–Kier alpha value is -1.89. The number of hydrazone groups is 1. The normalized spacial score (nSPS) is 21.1. The first kappa shape index (κ1) is 14.1. The highest BCUT2D eigenvalue weighted by molar-refractivity contribution is 8.14. The van der Waals surface area contributed by atoms with Gasteiger partial charge in [0.15, 0.2) is 5.17 Å². The molecule has 0 unspecified atom stereocenters. The minimum absolute atomic E-state index is 0.0885. The van der Waals surface area contributed by atoms with Crippen molar-refractivity contribution in [3.63, 3.8) is 0 Å². The van der Waals surface area contributed by atoms with Crippen molar-refractivity contribution in [2.24, 2.45) is 10.1 Å². The number of hydrogen-bond donors (Lipinski definition) is 1. The average Bonchev–Trinajstić information content (AvgIpc) is 3.01. The lowest BCUT2D eigenvalue weighted by atomic mass is 10.1. The third-order valence-corrected chi connectivity index (χ3v) is 4.53. The van der Waals surface area contributed by atoms with Crippen molar-refractivity contribution >= 4 is 28.3 Å². The summed E-state index contributed by atoms with van der Waals surface area (Å²) in [6.45, 7) is 0. The van der Waals surface area contributed by atoms with E-state index in [1.165, 1.54) is 18.9 Å². The Balaban J connectivity index is 1.72. The summed E-state index contributed by atoms with van der Waals surface area (Å²) in [5, 5.41) is 16.0. The first-order valence-corrected chi connectivity index (χ1v) is 7.99. The molecule has 7 heteroatoms. The van der Waals surface area contributed by atoms with E-state index in [0.29, 0.717) is 11.8 Å². The Kier molecular flexibility index (Phi) is 4.19. The Morgan fingerprint density at radius 1 is 1.38 bits per heavy atom. The number of non-ortho nitro benzene ring substituents is 1. The molecule has 1 saturated carbocycles. The van der Waals surface area contributed by atoms with Crippen molar-refractivity contribution in [3.8, 4) is 0 Å². The zero-order valence-corrected chi connectivity index (χ0v) is 12.3. The summed E-state index contributed by atoms with van der Waals surface area (Å²) in [4.78, 5) is 15.1. The highest BCUT2D eigenvalue weighted by atomic mass is 32.2. The molecule has 0 bridgehead atoms. The summed E-state index contributed by atoms with van der Waals surface area (Å²) >= 11 is 1.61. The van der Waals surface area contributed by atoms with Crippen molar-refractivity contribution in [3.05, 3.63) is 39.9 Å². The van der Waals surface area contributed by atoms with Crippen molar-refractivity contribution in [1.82, 2.24) is 5.43 Å². The molecule has 2 aliphatic rings. The van der Waals surface area contributed by atoms with E-state index in [2.05, 4.69) is 15.5 Å². The molecule has 0 saturated heterocycles. The number of aliphatic imine (C=N–C) groups is 1. The lowest BCUT2D eigenvalue weighted by Gasteiger charge is -2.16. The van der Waals surface area contributed by atoms with Crippen LogP contribution in [0.3, 0.4) is 0 Å². The van der Waals surface area contributed by atoms with Gasteiger partial charge in [-0.1, -0.05) is 36.7 Å². The van der Waals surface area contributed by atoms with Crippen LogP contribution in [-0.4, -0.2) is 27.6 Å². The molecule has 1 fully saturated rings. The molecule has 0 atom stereocenters. The number of amidine groups is 1. The Morgan fingerprint density at radius 2 is 2.19 bits per heavy atom. The molecule has 0 amide bonds. The molecule has 21 heavy (non-hydrogen) atoms. The smallest absolute Gasteiger partial charge is 0.258 e. The van der Waals surface area contributed by atoms with Gasteiger partial charge >= 0.3 is 0 Å². The molecule has 1 aliphatic carbocycles. The van der Waals surface area contributed by atoms with E-state index < -0.39 is 0 Å². The highest BCUT2D eigenvalue weighted by Gasteiger charge is 2.18. The Labute approximate surface area is 126 Å². The van der Waals surface area contributed by atoms with Gasteiger partial charge in [-0.15, -0.1) is 0 Å². The minimum atomic E-state index is -0.388. The molecular formula is C14H16N4O2S. The van der Waals surface area contributed by atoms with Gasteiger partial charge in [0.2, 0.25) is 0 Å². The van der Waals surface area contributed by atoms with Crippen molar-refractivity contribution in [2.45, 2.75) is 31.7 Å². The quantitative estimate of drug-likeness (QED) is 0.687. The Bertz CT molecular complexity index is 609. The summed E-state index contributed by atoms with van der Waals surface area (Å²) < 4.78 is 0. The second kappa shape index (κ2) is 6.26. The van der Waals surface area contributed by atoms with Crippen LogP contribution in [0.5, 0.6) is 0 Å². The number of nitro groups is 1. The van der Waals surface area contributed by atoms with Gasteiger partial charge in [-0.2, -0.15) is 5.10 Å². The van der Waals surface area contributed by atoms with Crippen LogP contribution in [0.15, 0.2) is 34.4 Å². The molecule has 1 aliphatic heterocycles. The van der Waals surface area contributed by atoms with Crippen LogP contribution >= 0.6 is 11.8 Å². The lowest BCUT2D eigenvalue weighted by molar-refractivity contribution is -0.384. The second-order valence-electron chi connectivity index (χ2n) is 5.14. The van der Waals surface area contributed by atoms with Crippen LogP contribution in [0.4, 0.5) is 5.69 Å². The molecule has 1 aromatic rings. The molecule has 0 aromatic heterocycles. The summed E-state index contributed by atoms with van der Waals surface area (Å²) in [7, 11) is 0. The van der Waals surface area contributed by atoms with Gasteiger partial charge in [0.25, 0.3) is 5.69 Å². The highest BCUT2D eigenvalue weighted by Crippen LogP contribution is 2.23. The molecule has 3 rings (SSSR count). The third-order valence-electron chi connectivity index (χ3n) is 3.65.